The minimum Gasteiger partial charge on any atom is -0.271 e. The average molecular weight is 451 g/mol. The van der Waals surface area contributed by atoms with E-state index in [2.05, 4.69) is 29.3 Å². The first-order valence-electron chi connectivity index (χ1n) is 9.95. The van der Waals surface area contributed by atoms with Crippen molar-refractivity contribution in [2.45, 2.75) is 30.8 Å². The van der Waals surface area contributed by atoms with Gasteiger partial charge in [0.25, 0.3) is 5.56 Å². The van der Waals surface area contributed by atoms with Crippen molar-refractivity contribution in [2.24, 2.45) is 0 Å². The molecule has 8 heteroatoms. The maximum atomic E-state index is 14.0. The lowest BCUT2D eigenvalue weighted by Crippen LogP contribution is -2.23. The molecule has 5 aromatic rings. The first kappa shape index (κ1) is 20.0. The second kappa shape index (κ2) is 8.28. The van der Waals surface area contributed by atoms with Crippen LogP contribution in [0, 0.1) is 5.82 Å². The van der Waals surface area contributed by atoms with E-state index in [4.69, 9.17) is 0 Å². The Bertz CT molecular complexity index is 1440. The van der Waals surface area contributed by atoms with E-state index in [1.165, 1.54) is 34.7 Å². The van der Waals surface area contributed by atoms with Crippen LogP contribution in [0.5, 0.6) is 0 Å². The Hall–Kier alpha value is -2.97. The molecule has 0 aliphatic carbocycles. The van der Waals surface area contributed by atoms with Crippen LogP contribution in [-0.4, -0.2) is 19.2 Å². The standard InChI is InChI=1S/C23H19FN4OS2/c1-2-15-7-9-16(10-8-15)13-27-21(29)20-19(11-12-30-20)28-22(27)25-26-23(28)31-14-17-5-3-4-6-18(17)24/h3-12H,2,13-14H2,1H3. The molecule has 0 radical (unpaired) electrons. The Morgan fingerprint density at radius 3 is 2.58 bits per heavy atom. The zero-order valence-corrected chi connectivity index (χ0v) is 18.4. The predicted molar refractivity (Wildman–Crippen MR) is 124 cm³/mol. The van der Waals surface area contributed by atoms with Crippen molar-refractivity contribution in [2.75, 3.05) is 0 Å². The summed E-state index contributed by atoms with van der Waals surface area (Å²) in [4.78, 5) is 13.2. The lowest BCUT2D eigenvalue weighted by Gasteiger charge is -2.10. The normalized spacial score (nSPS) is 11.5. The molecule has 2 aromatic carbocycles. The lowest BCUT2D eigenvalue weighted by molar-refractivity contribution is 0.617. The summed E-state index contributed by atoms with van der Waals surface area (Å²) in [6.45, 7) is 2.53. The van der Waals surface area contributed by atoms with Crippen LogP contribution in [0.15, 0.2) is 69.9 Å². The number of fused-ring (bicyclic) bond motifs is 3. The Kier molecular flexibility index (Phi) is 5.33. The third-order valence-electron chi connectivity index (χ3n) is 5.27. The van der Waals surface area contributed by atoms with E-state index in [0.717, 1.165) is 17.5 Å². The van der Waals surface area contributed by atoms with Crippen molar-refractivity contribution in [1.82, 2.24) is 19.2 Å². The zero-order chi connectivity index (χ0) is 21.4. The molecule has 0 fully saturated rings. The number of benzene rings is 2. The van der Waals surface area contributed by atoms with Gasteiger partial charge in [-0.05, 0) is 40.6 Å². The molecule has 5 rings (SSSR count). The van der Waals surface area contributed by atoms with Crippen molar-refractivity contribution in [3.63, 3.8) is 0 Å². The van der Waals surface area contributed by atoms with Gasteiger partial charge in [-0.2, -0.15) is 0 Å². The van der Waals surface area contributed by atoms with Gasteiger partial charge in [0.15, 0.2) is 5.16 Å². The molecule has 3 aromatic heterocycles. The first-order valence-corrected chi connectivity index (χ1v) is 11.8. The first-order chi connectivity index (χ1) is 15.2. The molecule has 0 saturated carbocycles. The van der Waals surface area contributed by atoms with Gasteiger partial charge in [0.1, 0.15) is 10.5 Å². The van der Waals surface area contributed by atoms with Gasteiger partial charge in [-0.1, -0.05) is 61.2 Å². The molecule has 0 N–H and O–H groups in total. The Balaban J connectivity index is 1.58. The maximum Gasteiger partial charge on any atom is 0.273 e. The number of nitrogens with zero attached hydrogens (tertiary/aromatic N) is 4. The highest BCUT2D eigenvalue weighted by Gasteiger charge is 2.18. The van der Waals surface area contributed by atoms with Gasteiger partial charge in [0.05, 0.1) is 12.1 Å². The summed E-state index contributed by atoms with van der Waals surface area (Å²) in [6.07, 6.45) is 0.971. The minimum atomic E-state index is -0.239. The molecule has 0 aliphatic rings. The summed E-state index contributed by atoms with van der Waals surface area (Å²) in [7, 11) is 0. The summed E-state index contributed by atoms with van der Waals surface area (Å²) in [5.74, 6) is 0.680. The van der Waals surface area contributed by atoms with E-state index in [9.17, 15) is 9.18 Å². The van der Waals surface area contributed by atoms with E-state index >= 15 is 0 Å². The SMILES string of the molecule is CCc1ccc(Cn2c(=O)c3sccc3n3c(SCc4ccccc4F)nnc23)cc1. The fraction of sp³-hybridized carbons (Fsp3) is 0.174. The Morgan fingerprint density at radius 2 is 1.81 bits per heavy atom. The fourth-order valence-corrected chi connectivity index (χ4v) is 5.31. The van der Waals surface area contributed by atoms with Crippen LogP contribution < -0.4 is 5.56 Å². The summed E-state index contributed by atoms with van der Waals surface area (Å²) < 4.78 is 18.3. The van der Waals surface area contributed by atoms with Gasteiger partial charge in [0, 0.05) is 5.75 Å². The molecular weight excluding hydrogens is 431 g/mol. The van der Waals surface area contributed by atoms with E-state index < -0.39 is 0 Å². The van der Waals surface area contributed by atoms with Crippen LogP contribution in [0.4, 0.5) is 4.39 Å². The maximum absolute atomic E-state index is 14.0. The molecule has 31 heavy (non-hydrogen) atoms. The molecule has 0 spiro atoms. The molecule has 0 bridgehead atoms. The number of hydrogen-bond acceptors (Lipinski definition) is 5. The Labute approximate surface area is 186 Å². The third-order valence-corrected chi connectivity index (χ3v) is 7.14. The lowest BCUT2D eigenvalue weighted by atomic mass is 10.1. The highest BCUT2D eigenvalue weighted by molar-refractivity contribution is 7.98. The largest absolute Gasteiger partial charge is 0.273 e. The monoisotopic (exact) mass is 450 g/mol. The van der Waals surface area contributed by atoms with Gasteiger partial charge in [-0.25, -0.2) is 4.39 Å². The van der Waals surface area contributed by atoms with Crippen LogP contribution >= 0.6 is 23.1 Å². The quantitative estimate of drug-likeness (QED) is 0.336. The molecule has 156 valence electrons. The smallest absolute Gasteiger partial charge is 0.271 e. The van der Waals surface area contributed by atoms with E-state index in [0.29, 0.717) is 33.5 Å². The highest BCUT2D eigenvalue weighted by atomic mass is 32.2. The summed E-state index contributed by atoms with van der Waals surface area (Å²) in [5.41, 5.74) is 3.60. The van der Waals surface area contributed by atoms with Gasteiger partial charge in [-0.3, -0.25) is 13.8 Å². The predicted octanol–water partition coefficient (Wildman–Crippen LogP) is 5.15. The van der Waals surface area contributed by atoms with Gasteiger partial charge in [-0.15, -0.1) is 21.5 Å². The van der Waals surface area contributed by atoms with E-state index in [-0.39, 0.29) is 11.4 Å². The number of rotatable bonds is 6. The molecule has 0 amide bonds. The van der Waals surface area contributed by atoms with Crippen molar-refractivity contribution < 1.29 is 4.39 Å². The van der Waals surface area contributed by atoms with E-state index in [1.54, 1.807) is 16.7 Å². The van der Waals surface area contributed by atoms with Crippen LogP contribution in [0.25, 0.3) is 16.0 Å². The van der Waals surface area contributed by atoms with Crippen LogP contribution in [-0.2, 0) is 18.7 Å². The highest BCUT2D eigenvalue weighted by Crippen LogP contribution is 2.27. The second-order valence-corrected chi connectivity index (χ2v) is 9.05. The molecule has 0 atom stereocenters. The van der Waals surface area contributed by atoms with Gasteiger partial charge >= 0.3 is 0 Å². The van der Waals surface area contributed by atoms with Crippen LogP contribution in [0.3, 0.4) is 0 Å². The van der Waals surface area contributed by atoms with Gasteiger partial charge < -0.3 is 0 Å². The fourth-order valence-electron chi connectivity index (χ4n) is 3.56. The number of thiophene rings is 1. The molecular formula is C23H19FN4OS2. The number of aryl methyl sites for hydroxylation is 1. The number of hydrogen-bond donors (Lipinski definition) is 0. The zero-order valence-electron chi connectivity index (χ0n) is 16.8. The third kappa shape index (κ3) is 3.66. The van der Waals surface area contributed by atoms with Crippen molar-refractivity contribution in [1.29, 1.82) is 0 Å². The van der Waals surface area contributed by atoms with Crippen molar-refractivity contribution >= 4 is 39.1 Å². The molecule has 5 nitrogen and oxygen atoms in total. The topological polar surface area (TPSA) is 52.2 Å². The molecule has 0 unspecified atom stereocenters. The summed E-state index contributed by atoms with van der Waals surface area (Å²) in [5, 5.41) is 11.2. The number of halogens is 1. The van der Waals surface area contributed by atoms with Crippen LogP contribution in [0.1, 0.15) is 23.6 Å². The molecule has 3 heterocycles. The van der Waals surface area contributed by atoms with Crippen LogP contribution in [0.2, 0.25) is 0 Å². The minimum absolute atomic E-state index is 0.0740. The number of thioether (sulfide) groups is 1. The second-order valence-electron chi connectivity index (χ2n) is 7.19. The van der Waals surface area contributed by atoms with Crippen molar-refractivity contribution in [3.8, 4) is 0 Å². The van der Waals surface area contributed by atoms with Gasteiger partial charge in [0.2, 0.25) is 5.78 Å². The number of aromatic nitrogens is 4. The molecule has 0 aliphatic heterocycles. The van der Waals surface area contributed by atoms with Crippen molar-refractivity contribution in [3.05, 3.63) is 92.8 Å². The van der Waals surface area contributed by atoms with E-state index in [1.807, 2.05) is 34.0 Å². The molecule has 0 saturated heterocycles. The summed E-state index contributed by atoms with van der Waals surface area (Å²) >= 11 is 2.82. The summed E-state index contributed by atoms with van der Waals surface area (Å²) in [6, 6.07) is 16.9. The Morgan fingerprint density at radius 1 is 1.03 bits per heavy atom. The average Bonchev–Trinajstić information content (AvgIpc) is 3.44.